The van der Waals surface area contributed by atoms with Crippen LogP contribution in [0.25, 0.3) is 11.9 Å². The fourth-order valence-corrected chi connectivity index (χ4v) is 2.32. The summed E-state index contributed by atoms with van der Waals surface area (Å²) >= 11 is 0. The first-order valence-corrected chi connectivity index (χ1v) is 8.22. The van der Waals surface area contributed by atoms with Crippen LogP contribution < -0.4 is 10.6 Å². The van der Waals surface area contributed by atoms with Gasteiger partial charge in [0.15, 0.2) is 0 Å². The average Bonchev–Trinajstić information content (AvgIpc) is 3.21. The van der Waals surface area contributed by atoms with Crippen LogP contribution in [-0.4, -0.2) is 33.5 Å². The Morgan fingerprint density at radius 3 is 2.74 bits per heavy atom. The molecule has 0 aliphatic carbocycles. The van der Waals surface area contributed by atoms with Gasteiger partial charge in [0, 0.05) is 43.2 Å². The Bertz CT molecular complexity index is 941. The lowest BCUT2D eigenvalue weighted by atomic mass is 10.2. The molecule has 0 atom stereocenters. The van der Waals surface area contributed by atoms with E-state index in [0.29, 0.717) is 18.9 Å². The highest BCUT2D eigenvalue weighted by molar-refractivity contribution is 5.91. The Labute approximate surface area is 154 Å². The molecule has 0 aliphatic rings. The van der Waals surface area contributed by atoms with Crippen molar-refractivity contribution < 1.29 is 13.6 Å². The van der Waals surface area contributed by atoms with Gasteiger partial charge in [-0.15, -0.1) is 0 Å². The van der Waals surface area contributed by atoms with Crippen molar-refractivity contribution in [2.45, 2.75) is 0 Å². The molecule has 0 saturated carbocycles. The average molecular weight is 369 g/mol. The molecule has 2 N–H and O–H groups in total. The van der Waals surface area contributed by atoms with Crippen molar-refractivity contribution in [3.05, 3.63) is 78.4 Å². The van der Waals surface area contributed by atoms with Crippen LogP contribution in [0, 0.1) is 11.6 Å². The fourth-order valence-electron chi connectivity index (χ4n) is 2.32. The highest BCUT2D eigenvalue weighted by Crippen LogP contribution is 2.11. The second-order valence-electron chi connectivity index (χ2n) is 5.57. The van der Waals surface area contributed by atoms with Gasteiger partial charge in [-0.1, -0.05) is 0 Å². The van der Waals surface area contributed by atoms with Gasteiger partial charge in [-0.05, 0) is 36.4 Å². The highest BCUT2D eigenvalue weighted by Gasteiger charge is 2.02. The van der Waals surface area contributed by atoms with Crippen molar-refractivity contribution in [2.24, 2.45) is 0 Å². The van der Waals surface area contributed by atoms with E-state index < -0.39 is 17.5 Å². The molecule has 6 nitrogen and oxygen atoms in total. The number of anilines is 1. The summed E-state index contributed by atoms with van der Waals surface area (Å²) in [5, 5.41) is 5.73. The van der Waals surface area contributed by atoms with Crippen LogP contribution in [0.2, 0.25) is 0 Å². The van der Waals surface area contributed by atoms with Gasteiger partial charge >= 0.3 is 0 Å². The molecule has 0 saturated heterocycles. The van der Waals surface area contributed by atoms with Crippen LogP contribution >= 0.6 is 0 Å². The van der Waals surface area contributed by atoms with Gasteiger partial charge in [-0.25, -0.2) is 18.7 Å². The molecule has 138 valence electrons. The molecular weight excluding hydrogens is 352 g/mol. The maximum absolute atomic E-state index is 13.5. The first-order chi connectivity index (χ1) is 13.1. The number of carbonyl (C=O) groups is 1. The van der Waals surface area contributed by atoms with Gasteiger partial charge in [-0.3, -0.25) is 4.79 Å². The predicted molar refractivity (Wildman–Crippen MR) is 98.3 cm³/mol. The van der Waals surface area contributed by atoms with Crippen molar-refractivity contribution in [1.29, 1.82) is 0 Å². The Kier molecular flexibility index (Phi) is 5.88. The summed E-state index contributed by atoms with van der Waals surface area (Å²) in [7, 11) is 0. The van der Waals surface area contributed by atoms with Crippen molar-refractivity contribution in [1.82, 2.24) is 19.9 Å². The minimum Gasteiger partial charge on any atom is -0.368 e. The third kappa shape index (κ3) is 5.21. The van der Waals surface area contributed by atoms with Crippen molar-refractivity contribution in [2.75, 3.05) is 18.4 Å². The number of benzene rings is 1. The SMILES string of the molecule is O=C(/C=C/c1cc(F)ccc1F)NCCNc1cc(-n2cccc2)ncn1. The Balaban J connectivity index is 1.46. The molecule has 2 aromatic heterocycles. The van der Waals surface area contributed by atoms with Gasteiger partial charge in [0.2, 0.25) is 5.91 Å². The molecule has 3 aromatic rings. The summed E-state index contributed by atoms with van der Waals surface area (Å²) in [5.74, 6) is -0.216. The summed E-state index contributed by atoms with van der Waals surface area (Å²) in [6.07, 6.45) is 7.59. The maximum atomic E-state index is 13.5. The summed E-state index contributed by atoms with van der Waals surface area (Å²) in [6, 6.07) is 8.64. The monoisotopic (exact) mass is 369 g/mol. The van der Waals surface area contributed by atoms with E-state index >= 15 is 0 Å². The van der Waals surface area contributed by atoms with E-state index in [1.165, 1.54) is 12.4 Å². The minimum absolute atomic E-state index is 0.0156. The topological polar surface area (TPSA) is 71.8 Å². The summed E-state index contributed by atoms with van der Waals surface area (Å²) in [4.78, 5) is 20.1. The normalized spacial score (nSPS) is 10.9. The van der Waals surface area contributed by atoms with E-state index in [1.807, 2.05) is 29.1 Å². The predicted octanol–water partition coefficient (Wildman–Crippen LogP) is 2.79. The van der Waals surface area contributed by atoms with Crippen LogP contribution in [0.15, 0.2) is 61.2 Å². The Morgan fingerprint density at radius 1 is 1.11 bits per heavy atom. The number of hydrogen-bond acceptors (Lipinski definition) is 4. The minimum atomic E-state index is -0.593. The Morgan fingerprint density at radius 2 is 1.93 bits per heavy atom. The summed E-state index contributed by atoms with van der Waals surface area (Å²) in [6.45, 7) is 0.772. The standard InChI is InChI=1S/C19H17F2N5O/c20-15-4-5-16(21)14(11-15)3-6-19(27)23-8-7-22-17-12-18(25-13-24-17)26-9-1-2-10-26/h1-6,9-13H,7-8H2,(H,23,27)(H,22,24,25)/b6-3+. The number of hydrogen-bond donors (Lipinski definition) is 2. The number of amides is 1. The molecule has 0 spiro atoms. The van der Waals surface area contributed by atoms with Crippen LogP contribution in [0.3, 0.4) is 0 Å². The van der Waals surface area contributed by atoms with Crippen LogP contribution in [-0.2, 0) is 4.79 Å². The maximum Gasteiger partial charge on any atom is 0.244 e. The Hall–Kier alpha value is -3.55. The molecule has 0 radical (unpaired) electrons. The molecule has 0 unspecified atom stereocenters. The number of nitrogens with zero attached hydrogens (tertiary/aromatic N) is 3. The van der Waals surface area contributed by atoms with E-state index in [0.717, 1.165) is 30.1 Å². The smallest absolute Gasteiger partial charge is 0.244 e. The molecule has 1 amide bonds. The van der Waals surface area contributed by atoms with E-state index in [-0.39, 0.29) is 5.56 Å². The molecule has 0 aliphatic heterocycles. The van der Waals surface area contributed by atoms with Crippen molar-refractivity contribution in [3.63, 3.8) is 0 Å². The fraction of sp³-hybridized carbons (Fsp3) is 0.105. The second kappa shape index (κ2) is 8.70. The zero-order chi connectivity index (χ0) is 19.1. The number of rotatable bonds is 7. The van der Waals surface area contributed by atoms with Crippen LogP contribution in [0.5, 0.6) is 0 Å². The molecule has 0 bridgehead atoms. The molecule has 1 aromatic carbocycles. The van der Waals surface area contributed by atoms with E-state index in [9.17, 15) is 13.6 Å². The van der Waals surface area contributed by atoms with Gasteiger partial charge in [0.25, 0.3) is 0 Å². The zero-order valence-electron chi connectivity index (χ0n) is 14.3. The third-order valence-electron chi connectivity index (χ3n) is 3.62. The quantitative estimate of drug-likeness (QED) is 0.496. The lowest BCUT2D eigenvalue weighted by molar-refractivity contribution is -0.116. The second-order valence-corrected chi connectivity index (χ2v) is 5.57. The molecule has 8 heteroatoms. The molecule has 2 heterocycles. The number of aromatic nitrogens is 3. The zero-order valence-corrected chi connectivity index (χ0v) is 14.3. The summed E-state index contributed by atoms with van der Waals surface area (Å²) in [5.41, 5.74) is 0.0156. The largest absolute Gasteiger partial charge is 0.368 e. The van der Waals surface area contributed by atoms with Gasteiger partial charge in [-0.2, -0.15) is 0 Å². The molecule has 0 fully saturated rings. The van der Waals surface area contributed by atoms with Crippen LogP contribution in [0.1, 0.15) is 5.56 Å². The third-order valence-corrected chi connectivity index (χ3v) is 3.62. The lowest BCUT2D eigenvalue weighted by Crippen LogP contribution is -2.27. The van der Waals surface area contributed by atoms with Gasteiger partial charge < -0.3 is 15.2 Å². The first kappa shape index (κ1) is 18.2. The van der Waals surface area contributed by atoms with E-state index in [4.69, 9.17) is 0 Å². The molecular formula is C19H17F2N5O. The van der Waals surface area contributed by atoms with E-state index in [1.54, 1.807) is 6.07 Å². The number of carbonyl (C=O) groups excluding carboxylic acids is 1. The lowest BCUT2D eigenvalue weighted by Gasteiger charge is -2.08. The molecule has 27 heavy (non-hydrogen) atoms. The van der Waals surface area contributed by atoms with E-state index in [2.05, 4.69) is 20.6 Å². The molecule has 3 rings (SSSR count). The summed E-state index contributed by atoms with van der Waals surface area (Å²) < 4.78 is 28.4. The highest BCUT2D eigenvalue weighted by atomic mass is 19.1. The number of nitrogens with one attached hydrogen (secondary N) is 2. The van der Waals surface area contributed by atoms with Gasteiger partial charge in [0.1, 0.15) is 29.6 Å². The van der Waals surface area contributed by atoms with Crippen molar-refractivity contribution in [3.8, 4) is 5.82 Å². The van der Waals surface area contributed by atoms with Crippen molar-refractivity contribution >= 4 is 17.8 Å². The van der Waals surface area contributed by atoms with Crippen LogP contribution in [0.4, 0.5) is 14.6 Å². The first-order valence-electron chi connectivity index (χ1n) is 8.22. The van der Waals surface area contributed by atoms with Gasteiger partial charge in [0.05, 0.1) is 0 Å². The number of halogens is 2.